The van der Waals surface area contributed by atoms with Crippen LogP contribution in [-0.2, 0) is 14.3 Å². The van der Waals surface area contributed by atoms with Crippen molar-refractivity contribution in [3.05, 3.63) is 45.6 Å². The fourth-order valence-electron chi connectivity index (χ4n) is 1.40. The minimum atomic E-state index is -0.650. The Morgan fingerprint density at radius 3 is 3.00 bits per heavy atom. The molecule has 1 aromatic rings. The van der Waals surface area contributed by atoms with Gasteiger partial charge in [-0.15, -0.1) is 5.10 Å². The summed E-state index contributed by atoms with van der Waals surface area (Å²) in [6.45, 7) is 0. The van der Waals surface area contributed by atoms with Crippen LogP contribution in [0.3, 0.4) is 0 Å². The predicted octanol–water partition coefficient (Wildman–Crippen LogP) is 2.09. The molecule has 114 valence electrons. The van der Waals surface area contributed by atoms with Crippen LogP contribution in [0.25, 0.3) is 0 Å². The van der Waals surface area contributed by atoms with Crippen molar-refractivity contribution in [1.82, 2.24) is 5.32 Å². The molecular formula is C13H9ClFN3O3S. The lowest BCUT2D eigenvalue weighted by molar-refractivity contribution is -0.135. The molecule has 22 heavy (non-hydrogen) atoms. The van der Waals surface area contributed by atoms with Crippen LogP contribution in [0.2, 0.25) is 5.02 Å². The van der Waals surface area contributed by atoms with Gasteiger partial charge in [-0.2, -0.15) is 5.10 Å². The smallest absolute Gasteiger partial charge is 0.331 e. The first-order chi connectivity index (χ1) is 10.5. The third-order valence-corrected chi connectivity index (χ3v) is 3.62. The second-order valence-electron chi connectivity index (χ2n) is 3.88. The molecule has 0 saturated carbocycles. The summed E-state index contributed by atoms with van der Waals surface area (Å²) >= 11 is 6.56. The Hall–Kier alpha value is -2.19. The number of thioether (sulfide) groups is 1. The van der Waals surface area contributed by atoms with Crippen LogP contribution < -0.4 is 5.32 Å². The molecule has 0 aliphatic carbocycles. The largest absolute Gasteiger partial charge is 0.466 e. The summed E-state index contributed by atoms with van der Waals surface area (Å²) in [7, 11) is 1.20. The number of ether oxygens (including phenoxy) is 1. The van der Waals surface area contributed by atoms with Gasteiger partial charge in [0.25, 0.3) is 5.91 Å². The van der Waals surface area contributed by atoms with E-state index in [9.17, 15) is 14.0 Å². The van der Waals surface area contributed by atoms with E-state index in [1.807, 2.05) is 0 Å². The molecule has 0 spiro atoms. The Morgan fingerprint density at radius 1 is 1.50 bits per heavy atom. The van der Waals surface area contributed by atoms with Crippen LogP contribution in [-0.4, -0.2) is 30.4 Å². The van der Waals surface area contributed by atoms with Crippen molar-refractivity contribution < 1.29 is 18.7 Å². The minimum Gasteiger partial charge on any atom is -0.466 e. The lowest BCUT2D eigenvalue weighted by Crippen LogP contribution is -2.19. The van der Waals surface area contributed by atoms with E-state index in [4.69, 9.17) is 11.6 Å². The number of hydrogen-bond donors (Lipinski definition) is 1. The van der Waals surface area contributed by atoms with Crippen molar-refractivity contribution in [2.45, 2.75) is 0 Å². The lowest BCUT2D eigenvalue weighted by Gasteiger charge is -1.96. The van der Waals surface area contributed by atoms with E-state index in [1.165, 1.54) is 25.5 Å². The van der Waals surface area contributed by atoms with Crippen molar-refractivity contribution >= 4 is 46.6 Å². The Kier molecular flexibility index (Phi) is 5.29. The molecule has 1 aromatic carbocycles. The average molecular weight is 342 g/mol. The molecule has 0 bridgehead atoms. The van der Waals surface area contributed by atoms with Crippen molar-refractivity contribution in [1.29, 1.82) is 0 Å². The van der Waals surface area contributed by atoms with Crippen LogP contribution >= 0.6 is 23.4 Å². The maximum atomic E-state index is 13.6. The van der Waals surface area contributed by atoms with Gasteiger partial charge in [-0.25, -0.2) is 9.18 Å². The van der Waals surface area contributed by atoms with Crippen LogP contribution in [0.15, 0.2) is 39.4 Å². The van der Waals surface area contributed by atoms with E-state index < -0.39 is 17.7 Å². The van der Waals surface area contributed by atoms with Gasteiger partial charge in [0.2, 0.25) is 0 Å². The molecule has 0 atom stereocenters. The van der Waals surface area contributed by atoms with Crippen molar-refractivity contribution in [2.75, 3.05) is 7.11 Å². The van der Waals surface area contributed by atoms with Gasteiger partial charge in [0.15, 0.2) is 11.0 Å². The van der Waals surface area contributed by atoms with Crippen molar-refractivity contribution in [3.8, 4) is 0 Å². The molecule has 1 saturated heterocycles. The highest BCUT2D eigenvalue weighted by Crippen LogP contribution is 2.23. The third kappa shape index (κ3) is 3.92. The summed E-state index contributed by atoms with van der Waals surface area (Å²) in [5.41, 5.74) is 0.163. The van der Waals surface area contributed by atoms with Crippen LogP contribution in [0.4, 0.5) is 4.39 Å². The van der Waals surface area contributed by atoms with Gasteiger partial charge in [0.1, 0.15) is 0 Å². The molecule has 0 aromatic heterocycles. The van der Waals surface area contributed by atoms with Crippen LogP contribution in [0, 0.1) is 5.82 Å². The number of amidine groups is 1. The molecule has 1 fully saturated rings. The maximum Gasteiger partial charge on any atom is 0.331 e. The molecule has 9 heteroatoms. The zero-order valence-corrected chi connectivity index (χ0v) is 12.7. The molecule has 1 N–H and O–H groups in total. The number of halogens is 2. The highest BCUT2D eigenvalue weighted by molar-refractivity contribution is 8.18. The molecule has 0 unspecified atom stereocenters. The number of nitrogens with one attached hydrogen (secondary N) is 1. The van der Waals surface area contributed by atoms with E-state index >= 15 is 0 Å². The van der Waals surface area contributed by atoms with Crippen LogP contribution in [0.5, 0.6) is 0 Å². The van der Waals surface area contributed by atoms with Gasteiger partial charge in [-0.1, -0.05) is 23.7 Å². The van der Waals surface area contributed by atoms with E-state index in [-0.39, 0.29) is 20.7 Å². The van der Waals surface area contributed by atoms with Crippen LogP contribution in [0.1, 0.15) is 5.56 Å². The minimum absolute atomic E-state index is 0.0246. The van der Waals surface area contributed by atoms with Gasteiger partial charge in [-0.05, 0) is 17.8 Å². The molecule has 1 aliphatic heterocycles. The zero-order valence-electron chi connectivity index (χ0n) is 11.2. The van der Waals surface area contributed by atoms with Gasteiger partial charge in [0.05, 0.1) is 23.3 Å². The van der Waals surface area contributed by atoms with E-state index in [0.717, 1.165) is 17.8 Å². The summed E-state index contributed by atoms with van der Waals surface area (Å²) < 4.78 is 18.0. The summed E-state index contributed by atoms with van der Waals surface area (Å²) in [5.74, 6) is -1.75. The van der Waals surface area contributed by atoms with Gasteiger partial charge in [-0.3, -0.25) is 10.1 Å². The molecule has 1 aliphatic rings. The summed E-state index contributed by atoms with van der Waals surface area (Å²) in [6.07, 6.45) is 2.21. The fraction of sp³-hybridized carbons (Fsp3) is 0.0769. The summed E-state index contributed by atoms with van der Waals surface area (Å²) in [4.78, 5) is 22.8. The Bertz CT molecular complexity index is 718. The third-order valence-electron chi connectivity index (χ3n) is 2.43. The van der Waals surface area contributed by atoms with Gasteiger partial charge < -0.3 is 4.74 Å². The number of carbonyl (C=O) groups excluding carboxylic acids is 2. The van der Waals surface area contributed by atoms with E-state index in [1.54, 1.807) is 6.07 Å². The summed E-state index contributed by atoms with van der Waals surface area (Å²) in [5, 5.41) is 9.97. The Labute approximate surface area is 134 Å². The van der Waals surface area contributed by atoms with Gasteiger partial charge in [0, 0.05) is 11.6 Å². The number of carbonyl (C=O) groups is 2. The monoisotopic (exact) mass is 341 g/mol. The summed E-state index contributed by atoms with van der Waals surface area (Å²) in [6, 6.07) is 4.47. The molecule has 1 amide bonds. The molecule has 1 heterocycles. The predicted molar refractivity (Wildman–Crippen MR) is 82.3 cm³/mol. The fourth-order valence-corrected chi connectivity index (χ4v) is 2.33. The SMILES string of the molecule is COC(=O)/C=C1/S/C(=N\N=Cc2cccc(Cl)c2F)NC1=O. The van der Waals surface area contributed by atoms with E-state index in [2.05, 4.69) is 20.3 Å². The normalized spacial score (nSPS) is 18.2. The quantitative estimate of drug-likeness (QED) is 0.395. The Balaban J connectivity index is 2.10. The lowest BCUT2D eigenvalue weighted by atomic mass is 10.2. The molecule has 0 radical (unpaired) electrons. The first-order valence-corrected chi connectivity index (χ1v) is 7.04. The molecule has 6 nitrogen and oxygen atoms in total. The number of nitrogens with zero attached hydrogens (tertiary/aromatic N) is 2. The van der Waals surface area contributed by atoms with E-state index in [0.29, 0.717) is 0 Å². The Morgan fingerprint density at radius 2 is 2.27 bits per heavy atom. The topological polar surface area (TPSA) is 80.1 Å². The second kappa shape index (κ2) is 7.19. The number of hydrogen-bond acceptors (Lipinski definition) is 6. The van der Waals surface area contributed by atoms with Crippen molar-refractivity contribution in [3.63, 3.8) is 0 Å². The second-order valence-corrected chi connectivity index (χ2v) is 5.32. The number of methoxy groups -OCH3 is 1. The number of amides is 1. The number of benzene rings is 1. The first kappa shape index (κ1) is 16.2. The molecular weight excluding hydrogens is 333 g/mol. The average Bonchev–Trinajstić information content (AvgIpc) is 2.83. The molecule has 2 rings (SSSR count). The standard InChI is InChI=1S/C13H9ClFN3O3S/c1-21-10(19)5-9-12(20)17-13(22-9)18-16-6-7-3-2-4-8(14)11(7)15/h2-6H,1H3,(H,17,18,20)/b9-5+,16-6?. The maximum absolute atomic E-state index is 13.6. The van der Waals surface area contributed by atoms with Gasteiger partial charge >= 0.3 is 5.97 Å². The zero-order chi connectivity index (χ0) is 16.1. The number of rotatable bonds is 3. The first-order valence-electron chi connectivity index (χ1n) is 5.85. The highest BCUT2D eigenvalue weighted by atomic mass is 35.5. The number of esters is 1. The van der Waals surface area contributed by atoms with Crippen molar-refractivity contribution in [2.24, 2.45) is 10.2 Å². The highest BCUT2D eigenvalue weighted by Gasteiger charge is 2.24.